The number of hydrazine groups is 1. The van der Waals surface area contributed by atoms with Crippen LogP contribution in [0.3, 0.4) is 0 Å². The lowest BCUT2D eigenvalue weighted by molar-refractivity contribution is -0.146. The number of nitrogens with zero attached hydrogens (tertiary/aromatic N) is 4. The van der Waals surface area contributed by atoms with Crippen molar-refractivity contribution in [3.8, 4) is 0 Å². The summed E-state index contributed by atoms with van der Waals surface area (Å²) in [5, 5.41) is 8.47. The second-order valence-electron chi connectivity index (χ2n) is 11.5. The molecule has 4 rings (SSSR count). The molecule has 0 unspecified atom stereocenters. The minimum Gasteiger partial charge on any atom is -0.343 e. The molecule has 3 N–H and O–H groups in total. The molecule has 0 aromatic heterocycles. The number of carbonyl (C=O) groups is 3. The van der Waals surface area contributed by atoms with Crippen molar-refractivity contribution in [2.75, 3.05) is 45.8 Å². The molecule has 2 aliphatic heterocycles. The highest BCUT2D eigenvalue weighted by Gasteiger charge is 2.47. The Kier molecular flexibility index (Phi) is 9.34. The first-order chi connectivity index (χ1) is 18.1. The minimum absolute atomic E-state index is 0.0672. The number of halogens is 1. The maximum atomic E-state index is 13.7. The molecule has 1 saturated carbocycles. The van der Waals surface area contributed by atoms with E-state index in [0.29, 0.717) is 49.3 Å². The van der Waals surface area contributed by atoms with Gasteiger partial charge in [0, 0.05) is 70.2 Å². The predicted molar refractivity (Wildman–Crippen MR) is 148 cm³/mol. The highest BCUT2D eigenvalue weighted by atomic mass is 35.5. The molecule has 2 saturated heterocycles. The lowest BCUT2D eigenvalue weighted by Gasteiger charge is -2.47. The van der Waals surface area contributed by atoms with Gasteiger partial charge in [0.1, 0.15) is 6.04 Å². The van der Waals surface area contributed by atoms with E-state index in [2.05, 4.69) is 29.2 Å². The Morgan fingerprint density at radius 1 is 1.03 bits per heavy atom. The topological polar surface area (TPSA) is 102 Å². The minimum atomic E-state index is -0.841. The number of piperazine rings is 1. The zero-order valence-electron chi connectivity index (χ0n) is 23.0. The summed E-state index contributed by atoms with van der Waals surface area (Å²) in [6, 6.07) is 7.11. The van der Waals surface area contributed by atoms with Crippen LogP contribution in [0.5, 0.6) is 0 Å². The monoisotopic (exact) mass is 546 g/mol. The van der Waals surface area contributed by atoms with Gasteiger partial charge in [-0.15, -0.1) is 0 Å². The first-order valence-electron chi connectivity index (χ1n) is 14.0. The third-order valence-electron chi connectivity index (χ3n) is 8.01. The van der Waals surface area contributed by atoms with E-state index in [0.717, 1.165) is 51.1 Å². The highest BCUT2D eigenvalue weighted by Crippen LogP contribution is 2.32. The van der Waals surface area contributed by atoms with Crippen molar-refractivity contribution in [3.05, 3.63) is 34.9 Å². The maximum absolute atomic E-state index is 13.7. The average molecular weight is 547 g/mol. The molecule has 1 aromatic carbocycles. The van der Waals surface area contributed by atoms with Crippen LogP contribution in [0.25, 0.3) is 0 Å². The molecular weight excluding hydrogens is 504 g/mol. The van der Waals surface area contributed by atoms with Gasteiger partial charge in [-0.25, -0.2) is 10.0 Å². The Bertz CT molecular complexity index is 983. The molecule has 0 bridgehead atoms. The van der Waals surface area contributed by atoms with Crippen molar-refractivity contribution in [1.29, 1.82) is 0 Å². The van der Waals surface area contributed by atoms with Crippen LogP contribution >= 0.6 is 11.6 Å². The summed E-state index contributed by atoms with van der Waals surface area (Å²) in [5.41, 5.74) is 6.23. The van der Waals surface area contributed by atoms with Crippen molar-refractivity contribution in [1.82, 2.24) is 25.1 Å². The molecule has 9 nitrogen and oxygen atoms in total. The van der Waals surface area contributed by atoms with Gasteiger partial charge in [0.2, 0.25) is 17.7 Å². The second kappa shape index (κ2) is 12.3. The summed E-state index contributed by atoms with van der Waals surface area (Å²) < 4.78 is 0. The molecule has 3 aliphatic rings. The summed E-state index contributed by atoms with van der Waals surface area (Å²) in [4.78, 5) is 42.1. The summed E-state index contributed by atoms with van der Waals surface area (Å²) in [6.07, 6.45) is 3.61. The van der Waals surface area contributed by atoms with Crippen LogP contribution < -0.4 is 11.1 Å². The van der Waals surface area contributed by atoms with Crippen LogP contribution in [0.2, 0.25) is 5.02 Å². The lowest BCUT2D eigenvalue weighted by Crippen LogP contribution is -2.62. The number of hydrogen-bond acceptors (Lipinski definition) is 6. The molecule has 0 spiro atoms. The highest BCUT2D eigenvalue weighted by molar-refractivity contribution is 6.30. The van der Waals surface area contributed by atoms with Crippen LogP contribution in [0, 0.1) is 5.92 Å². The molecule has 210 valence electrons. The number of piperidine rings is 1. The maximum Gasteiger partial charge on any atom is 0.245 e. The van der Waals surface area contributed by atoms with Gasteiger partial charge in [0.25, 0.3) is 0 Å². The zero-order valence-corrected chi connectivity index (χ0v) is 23.8. The number of nitrogens with one attached hydrogen (secondary N) is 1. The third kappa shape index (κ3) is 7.25. The Balaban J connectivity index is 1.39. The number of hydrogen-bond donors (Lipinski definition) is 2. The van der Waals surface area contributed by atoms with Crippen LogP contribution in [0.1, 0.15) is 52.0 Å². The Hall–Kier alpha value is -2.20. The molecular formula is C28H43ClN6O3. The van der Waals surface area contributed by atoms with E-state index in [1.165, 1.54) is 0 Å². The van der Waals surface area contributed by atoms with Gasteiger partial charge in [-0.1, -0.05) is 37.6 Å². The number of amides is 3. The molecule has 3 fully saturated rings. The summed E-state index contributed by atoms with van der Waals surface area (Å²) in [7, 11) is 0. The predicted octanol–water partition coefficient (Wildman–Crippen LogP) is 1.89. The lowest BCUT2D eigenvalue weighted by atomic mass is 10.0. The molecule has 2 heterocycles. The molecule has 1 aliphatic carbocycles. The molecule has 0 radical (unpaired) electrons. The number of carbonyl (C=O) groups excluding carboxylic acids is 3. The zero-order chi connectivity index (χ0) is 27.4. The number of nitrogens with two attached hydrogens (primary N) is 1. The average Bonchev–Trinajstić information content (AvgIpc) is 3.66. The fourth-order valence-corrected chi connectivity index (χ4v) is 5.59. The molecule has 1 aromatic rings. The van der Waals surface area contributed by atoms with Gasteiger partial charge in [0.15, 0.2) is 0 Å². The van der Waals surface area contributed by atoms with Gasteiger partial charge >= 0.3 is 0 Å². The van der Waals surface area contributed by atoms with Crippen LogP contribution in [-0.2, 0) is 20.8 Å². The molecule has 10 heteroatoms. The van der Waals surface area contributed by atoms with E-state index >= 15 is 0 Å². The van der Waals surface area contributed by atoms with Gasteiger partial charge < -0.3 is 20.9 Å². The van der Waals surface area contributed by atoms with Gasteiger partial charge in [-0.3, -0.25) is 14.4 Å². The van der Waals surface area contributed by atoms with Gasteiger partial charge in [-0.05, 0) is 49.3 Å². The smallest absolute Gasteiger partial charge is 0.245 e. The largest absolute Gasteiger partial charge is 0.343 e. The van der Waals surface area contributed by atoms with Gasteiger partial charge in [-0.2, -0.15) is 0 Å². The van der Waals surface area contributed by atoms with E-state index in [9.17, 15) is 14.4 Å². The standard InChI is InChI=1S/C28H43ClN6O3/c1-20(2)19-35(24-8-12-32(13-9-24)21(3)36)34-16-14-33(15-17-34)26(37)25(31-27(38)28(30)10-11-28)18-22-4-6-23(29)7-5-22/h4-7,20,24-25H,8-19,30H2,1-3H3,(H,31,38)/t25-/m1/s1. The number of benzene rings is 1. The Labute approximate surface area is 231 Å². The first-order valence-corrected chi connectivity index (χ1v) is 14.3. The summed E-state index contributed by atoms with van der Waals surface area (Å²) >= 11 is 6.05. The van der Waals surface area contributed by atoms with Crippen LogP contribution in [0.4, 0.5) is 0 Å². The second-order valence-corrected chi connectivity index (χ2v) is 12.0. The van der Waals surface area contributed by atoms with E-state index in [4.69, 9.17) is 17.3 Å². The Morgan fingerprint density at radius 3 is 2.16 bits per heavy atom. The van der Waals surface area contributed by atoms with Crippen molar-refractivity contribution < 1.29 is 14.4 Å². The molecule has 1 atom stereocenters. The van der Waals surface area contributed by atoms with E-state index in [1.54, 1.807) is 19.1 Å². The van der Waals surface area contributed by atoms with E-state index < -0.39 is 11.6 Å². The van der Waals surface area contributed by atoms with Crippen molar-refractivity contribution in [2.45, 2.75) is 70.5 Å². The van der Waals surface area contributed by atoms with Crippen LogP contribution in [-0.4, -0.2) is 101 Å². The Morgan fingerprint density at radius 2 is 1.63 bits per heavy atom. The third-order valence-corrected chi connectivity index (χ3v) is 8.26. The fraction of sp³-hybridized carbons (Fsp3) is 0.679. The first kappa shape index (κ1) is 28.8. The quantitative estimate of drug-likeness (QED) is 0.490. The number of likely N-dealkylation sites (tertiary alicyclic amines) is 1. The molecule has 38 heavy (non-hydrogen) atoms. The fourth-order valence-electron chi connectivity index (χ4n) is 5.46. The van der Waals surface area contributed by atoms with E-state index in [1.807, 2.05) is 21.9 Å². The molecule has 3 amide bonds. The number of rotatable bonds is 9. The van der Waals surface area contributed by atoms with Crippen LogP contribution in [0.15, 0.2) is 24.3 Å². The normalized spacial score (nSPS) is 21.0. The van der Waals surface area contributed by atoms with Crippen molar-refractivity contribution in [3.63, 3.8) is 0 Å². The van der Waals surface area contributed by atoms with Crippen molar-refractivity contribution >= 4 is 29.3 Å². The van der Waals surface area contributed by atoms with Crippen molar-refractivity contribution in [2.24, 2.45) is 11.7 Å². The summed E-state index contributed by atoms with van der Waals surface area (Å²) in [5.74, 6) is 0.338. The van der Waals surface area contributed by atoms with E-state index in [-0.39, 0.29) is 17.7 Å². The van der Waals surface area contributed by atoms with Gasteiger partial charge in [0.05, 0.1) is 5.54 Å². The summed E-state index contributed by atoms with van der Waals surface area (Å²) in [6.45, 7) is 11.3. The SMILES string of the molecule is CC(=O)N1CCC(N(CC(C)C)N2CCN(C(=O)[C@@H](Cc3ccc(Cl)cc3)NC(=O)C3(N)CC3)CC2)CC1.